The molecule has 1 amide bonds. The molecule has 0 saturated heterocycles. The fourth-order valence-corrected chi connectivity index (χ4v) is 6.10. The number of aliphatic hydroxyl groups excluding tert-OH is 1. The van der Waals surface area contributed by atoms with Gasteiger partial charge in [-0.3, -0.25) is 9.59 Å². The van der Waals surface area contributed by atoms with Crippen molar-refractivity contribution in [1.29, 1.82) is 0 Å². The molecule has 0 aromatic rings. The van der Waals surface area contributed by atoms with E-state index in [0.29, 0.717) is 19.4 Å². The Balaban J connectivity index is 3.48. The monoisotopic (exact) mass is 638 g/mol. The molecule has 0 aromatic carbocycles. The zero-order valence-corrected chi connectivity index (χ0v) is 30.5. The maximum absolute atomic E-state index is 12.2. The summed E-state index contributed by atoms with van der Waals surface area (Å²) in [6.45, 7) is 4.99. The molecule has 0 rings (SSSR count). The number of hydrogen-bond acceptors (Lipinski definition) is 4. The third-order valence-corrected chi connectivity index (χ3v) is 9.32. The van der Waals surface area contributed by atoms with E-state index in [-0.39, 0.29) is 31.0 Å². The molecule has 0 saturated carbocycles. The smallest absolute Gasteiger partial charge is 0.305 e. The molecule has 0 aliphatic carbocycles. The molecule has 0 radical (unpaired) electrons. The molecular formula is C40H79NO4. The van der Waals surface area contributed by atoms with E-state index in [1.165, 1.54) is 167 Å². The number of esters is 1. The predicted molar refractivity (Wildman–Crippen MR) is 194 cm³/mol. The number of amides is 1. The highest BCUT2D eigenvalue weighted by Crippen LogP contribution is 2.15. The first-order valence-corrected chi connectivity index (χ1v) is 20.2. The number of hydrogen-bond donors (Lipinski definition) is 2. The molecule has 268 valence electrons. The zero-order valence-electron chi connectivity index (χ0n) is 30.5. The van der Waals surface area contributed by atoms with E-state index < -0.39 is 0 Å². The van der Waals surface area contributed by atoms with Crippen molar-refractivity contribution in [2.75, 3.05) is 19.8 Å². The lowest BCUT2D eigenvalue weighted by atomic mass is 10.0. The summed E-state index contributed by atoms with van der Waals surface area (Å²) in [5, 5.41) is 12.6. The van der Waals surface area contributed by atoms with Crippen LogP contribution >= 0.6 is 0 Å². The van der Waals surface area contributed by atoms with Gasteiger partial charge in [0.15, 0.2) is 0 Å². The van der Waals surface area contributed by atoms with Gasteiger partial charge in [0, 0.05) is 25.3 Å². The third-order valence-electron chi connectivity index (χ3n) is 9.32. The van der Waals surface area contributed by atoms with E-state index in [9.17, 15) is 14.7 Å². The van der Waals surface area contributed by atoms with Gasteiger partial charge in [0.25, 0.3) is 0 Å². The van der Waals surface area contributed by atoms with Crippen LogP contribution in [0.1, 0.15) is 219 Å². The predicted octanol–water partition coefficient (Wildman–Crippen LogP) is 11.8. The fourth-order valence-electron chi connectivity index (χ4n) is 6.10. The standard InChI is InChI=1S/C40H79NO4/c1-3-5-7-9-11-13-15-17-19-21-23-25-27-29-31-33-39(43)41-35-38(36-42)37-45-40(44)34-32-30-28-26-24-22-20-18-16-14-12-10-8-6-4-2/h38,42H,3-37H2,1-2H3,(H,41,43). The van der Waals surface area contributed by atoms with Crippen LogP contribution in [0.3, 0.4) is 0 Å². The van der Waals surface area contributed by atoms with Crippen LogP contribution in [0.4, 0.5) is 0 Å². The minimum atomic E-state index is -0.236. The summed E-state index contributed by atoms with van der Waals surface area (Å²) in [6, 6.07) is 0. The van der Waals surface area contributed by atoms with Gasteiger partial charge in [-0.15, -0.1) is 0 Å². The molecule has 0 heterocycles. The lowest BCUT2D eigenvalue weighted by Crippen LogP contribution is -2.33. The van der Waals surface area contributed by atoms with Crippen molar-refractivity contribution in [3.63, 3.8) is 0 Å². The quantitative estimate of drug-likeness (QED) is 0.0525. The van der Waals surface area contributed by atoms with Crippen LogP contribution < -0.4 is 5.32 Å². The van der Waals surface area contributed by atoms with Gasteiger partial charge < -0.3 is 15.2 Å². The molecule has 0 aromatic heterocycles. The first-order valence-electron chi connectivity index (χ1n) is 20.2. The molecular weight excluding hydrogens is 558 g/mol. The Morgan fingerprint density at radius 3 is 1.13 bits per heavy atom. The first kappa shape index (κ1) is 43.9. The Kier molecular flexibility index (Phi) is 36.4. The van der Waals surface area contributed by atoms with Crippen molar-refractivity contribution >= 4 is 11.9 Å². The summed E-state index contributed by atoms with van der Waals surface area (Å²) < 4.78 is 5.39. The lowest BCUT2D eigenvalue weighted by molar-refractivity contribution is -0.145. The summed E-state index contributed by atoms with van der Waals surface area (Å²) in [6.07, 6.45) is 40.3. The van der Waals surface area contributed by atoms with Gasteiger partial charge in [-0.1, -0.05) is 194 Å². The molecule has 1 unspecified atom stereocenters. The number of nitrogens with one attached hydrogen (secondary N) is 1. The van der Waals surface area contributed by atoms with Crippen LogP contribution in [0.2, 0.25) is 0 Å². The Morgan fingerprint density at radius 1 is 0.489 bits per heavy atom. The molecule has 1 atom stereocenters. The van der Waals surface area contributed by atoms with Crippen molar-refractivity contribution in [3.8, 4) is 0 Å². The minimum Gasteiger partial charge on any atom is -0.465 e. The summed E-state index contributed by atoms with van der Waals surface area (Å²) in [5.41, 5.74) is 0. The maximum Gasteiger partial charge on any atom is 0.305 e. The summed E-state index contributed by atoms with van der Waals surface area (Å²) in [7, 11) is 0. The number of ether oxygens (including phenoxy) is 1. The number of unbranched alkanes of at least 4 members (excludes halogenated alkanes) is 28. The number of aliphatic hydroxyl groups is 1. The van der Waals surface area contributed by atoms with E-state index in [4.69, 9.17) is 4.74 Å². The van der Waals surface area contributed by atoms with Gasteiger partial charge in [0.1, 0.15) is 0 Å². The number of rotatable bonds is 37. The van der Waals surface area contributed by atoms with Crippen LogP contribution in [0.5, 0.6) is 0 Å². The topological polar surface area (TPSA) is 75.6 Å². The molecule has 2 N–H and O–H groups in total. The van der Waals surface area contributed by atoms with Crippen LogP contribution in [0.15, 0.2) is 0 Å². The van der Waals surface area contributed by atoms with E-state index in [2.05, 4.69) is 19.2 Å². The van der Waals surface area contributed by atoms with Crippen LogP contribution in [-0.4, -0.2) is 36.7 Å². The second-order valence-electron chi connectivity index (χ2n) is 13.9. The Morgan fingerprint density at radius 2 is 0.800 bits per heavy atom. The third kappa shape index (κ3) is 35.6. The van der Waals surface area contributed by atoms with Gasteiger partial charge in [0.2, 0.25) is 5.91 Å². The van der Waals surface area contributed by atoms with Crippen molar-refractivity contribution in [3.05, 3.63) is 0 Å². The highest BCUT2D eigenvalue weighted by Gasteiger charge is 2.13. The first-order chi connectivity index (χ1) is 22.1. The molecule has 0 bridgehead atoms. The zero-order chi connectivity index (χ0) is 32.9. The summed E-state index contributed by atoms with van der Waals surface area (Å²) >= 11 is 0. The van der Waals surface area contributed by atoms with E-state index >= 15 is 0 Å². The van der Waals surface area contributed by atoms with Gasteiger partial charge in [-0.25, -0.2) is 0 Å². The average Bonchev–Trinajstić information content (AvgIpc) is 3.04. The van der Waals surface area contributed by atoms with Gasteiger partial charge in [-0.05, 0) is 12.8 Å². The molecule has 0 spiro atoms. The highest BCUT2D eigenvalue weighted by molar-refractivity contribution is 5.75. The Hall–Kier alpha value is -1.10. The van der Waals surface area contributed by atoms with Gasteiger partial charge in [0.05, 0.1) is 13.2 Å². The number of carbonyl (C=O) groups is 2. The molecule has 0 aliphatic rings. The molecule has 5 nitrogen and oxygen atoms in total. The summed E-state index contributed by atoms with van der Waals surface area (Å²) in [4.78, 5) is 24.3. The number of carbonyl (C=O) groups excluding carboxylic acids is 2. The van der Waals surface area contributed by atoms with Gasteiger partial charge in [-0.2, -0.15) is 0 Å². The van der Waals surface area contributed by atoms with Crippen molar-refractivity contribution in [1.82, 2.24) is 5.32 Å². The molecule has 45 heavy (non-hydrogen) atoms. The second-order valence-corrected chi connectivity index (χ2v) is 13.9. The average molecular weight is 638 g/mol. The SMILES string of the molecule is CCCCCCCCCCCCCCCCCC(=O)NCC(CO)COC(=O)CCCCCCCCCCCCCCCCC. The van der Waals surface area contributed by atoms with E-state index in [1.54, 1.807) is 0 Å². The maximum atomic E-state index is 12.2. The van der Waals surface area contributed by atoms with Crippen LogP contribution in [0, 0.1) is 5.92 Å². The Labute approximate surface area is 281 Å². The van der Waals surface area contributed by atoms with Crippen molar-refractivity contribution in [2.45, 2.75) is 219 Å². The fraction of sp³-hybridized carbons (Fsp3) is 0.950. The largest absolute Gasteiger partial charge is 0.465 e. The minimum absolute atomic E-state index is 0.0345. The van der Waals surface area contributed by atoms with Crippen LogP contribution in [0.25, 0.3) is 0 Å². The van der Waals surface area contributed by atoms with E-state index in [1.807, 2.05) is 0 Å². The van der Waals surface area contributed by atoms with Crippen molar-refractivity contribution in [2.24, 2.45) is 5.92 Å². The molecule has 5 heteroatoms. The normalized spacial score (nSPS) is 12.0. The van der Waals surface area contributed by atoms with Crippen molar-refractivity contribution < 1.29 is 19.4 Å². The van der Waals surface area contributed by atoms with E-state index in [0.717, 1.165) is 25.7 Å². The molecule has 0 fully saturated rings. The second kappa shape index (κ2) is 37.4. The lowest BCUT2D eigenvalue weighted by Gasteiger charge is -2.15. The summed E-state index contributed by atoms with van der Waals surface area (Å²) in [5.74, 6) is -0.389. The highest BCUT2D eigenvalue weighted by atomic mass is 16.5. The molecule has 0 aliphatic heterocycles. The van der Waals surface area contributed by atoms with Crippen LogP contribution in [-0.2, 0) is 14.3 Å². The van der Waals surface area contributed by atoms with Gasteiger partial charge >= 0.3 is 5.97 Å². The Bertz CT molecular complexity index is 561.